The van der Waals surface area contributed by atoms with Crippen LogP contribution in [0.3, 0.4) is 0 Å². The van der Waals surface area contributed by atoms with E-state index in [1.807, 2.05) is 14.1 Å². The Kier molecular flexibility index (Phi) is 6.18. The Morgan fingerprint density at radius 1 is 1.55 bits per heavy atom. The minimum absolute atomic E-state index is 0.248. The molecule has 0 spiro atoms. The minimum Gasteiger partial charge on any atom is -0.359 e. The fraction of sp³-hybridized carbons (Fsp3) is 0.778. The van der Waals surface area contributed by atoms with Gasteiger partial charge in [-0.3, -0.25) is 4.90 Å². The van der Waals surface area contributed by atoms with Crippen LogP contribution in [0.2, 0.25) is 0 Å². The molecule has 0 aromatic rings. The van der Waals surface area contributed by atoms with Crippen LogP contribution in [-0.2, 0) is 4.74 Å². The molecule has 0 N–H and O–H groups in total. The van der Waals surface area contributed by atoms with Gasteiger partial charge in [-0.25, -0.2) is 0 Å². The molecule has 0 aromatic heterocycles. The van der Waals surface area contributed by atoms with Crippen LogP contribution in [0.5, 0.6) is 0 Å². The molecule has 66 valence electrons. The van der Waals surface area contributed by atoms with Crippen molar-refractivity contribution in [3.8, 4) is 0 Å². The summed E-state index contributed by atoms with van der Waals surface area (Å²) in [6, 6.07) is 0. The lowest BCUT2D eigenvalue weighted by molar-refractivity contribution is -0.0278. The first-order valence-electron chi connectivity index (χ1n) is 4.11. The van der Waals surface area contributed by atoms with Gasteiger partial charge in [0.1, 0.15) is 6.23 Å². The molecule has 2 nitrogen and oxygen atoms in total. The Morgan fingerprint density at radius 3 is 2.55 bits per heavy atom. The fourth-order valence-electron chi connectivity index (χ4n) is 0.917. The van der Waals surface area contributed by atoms with E-state index < -0.39 is 0 Å². The number of rotatable bonds is 6. The molecule has 0 aliphatic heterocycles. The number of hydrogen-bond acceptors (Lipinski definition) is 2. The van der Waals surface area contributed by atoms with Gasteiger partial charge in [0.05, 0.1) is 6.61 Å². The molecule has 0 amide bonds. The monoisotopic (exact) mass is 157 g/mol. The summed E-state index contributed by atoms with van der Waals surface area (Å²) in [7, 11) is 4.06. The summed E-state index contributed by atoms with van der Waals surface area (Å²) in [6.45, 7) is 6.41. The van der Waals surface area contributed by atoms with Gasteiger partial charge in [0, 0.05) is 0 Å². The molecular formula is C9H19NO. The number of ether oxygens (including phenoxy) is 1. The van der Waals surface area contributed by atoms with Gasteiger partial charge < -0.3 is 4.74 Å². The lowest BCUT2D eigenvalue weighted by atomic mass is 10.3. The normalized spacial score (nSPS) is 13.5. The van der Waals surface area contributed by atoms with Gasteiger partial charge in [0.25, 0.3) is 0 Å². The van der Waals surface area contributed by atoms with E-state index >= 15 is 0 Å². The molecule has 0 aliphatic rings. The maximum absolute atomic E-state index is 5.50. The number of hydrogen-bond donors (Lipinski definition) is 0. The highest BCUT2D eigenvalue weighted by Crippen LogP contribution is 2.04. The summed E-state index contributed by atoms with van der Waals surface area (Å²) >= 11 is 0. The lowest BCUT2D eigenvalue weighted by Crippen LogP contribution is -2.30. The highest BCUT2D eigenvalue weighted by molar-refractivity contribution is 4.66. The van der Waals surface area contributed by atoms with Crippen LogP contribution in [0.1, 0.15) is 19.8 Å². The Balaban J connectivity index is 3.59. The maximum Gasteiger partial charge on any atom is 0.110 e. The topological polar surface area (TPSA) is 12.5 Å². The molecular weight excluding hydrogens is 138 g/mol. The molecule has 1 unspecified atom stereocenters. The highest BCUT2D eigenvalue weighted by atomic mass is 16.5. The molecule has 0 aromatic carbocycles. The van der Waals surface area contributed by atoms with Crippen LogP contribution >= 0.6 is 0 Å². The van der Waals surface area contributed by atoms with Crippen LogP contribution < -0.4 is 0 Å². The first-order chi connectivity index (χ1) is 5.22. The van der Waals surface area contributed by atoms with Crippen LogP contribution in [0.25, 0.3) is 0 Å². The van der Waals surface area contributed by atoms with E-state index in [4.69, 9.17) is 4.74 Å². The smallest absolute Gasteiger partial charge is 0.110 e. The third kappa shape index (κ3) is 4.99. The largest absolute Gasteiger partial charge is 0.359 e. The van der Waals surface area contributed by atoms with Gasteiger partial charge >= 0.3 is 0 Å². The molecule has 0 rings (SSSR count). The van der Waals surface area contributed by atoms with E-state index in [0.717, 1.165) is 12.8 Å². The standard InChI is InChI=1S/C9H19NO/c1-5-7-9(10(3)4)11-8-6-2/h6,9H,2,5,7-8H2,1,3-4H3. The third-order valence-electron chi connectivity index (χ3n) is 1.52. The molecule has 11 heavy (non-hydrogen) atoms. The average molecular weight is 157 g/mol. The van der Waals surface area contributed by atoms with Crippen molar-refractivity contribution in [2.45, 2.75) is 26.0 Å². The summed E-state index contributed by atoms with van der Waals surface area (Å²) in [6.07, 6.45) is 4.27. The molecule has 0 heterocycles. The van der Waals surface area contributed by atoms with Crippen LogP contribution in [0.15, 0.2) is 12.7 Å². The second kappa shape index (κ2) is 6.38. The summed E-state index contributed by atoms with van der Waals surface area (Å²) < 4.78 is 5.50. The molecule has 0 aliphatic carbocycles. The fourth-order valence-corrected chi connectivity index (χ4v) is 0.917. The van der Waals surface area contributed by atoms with Crippen LogP contribution in [0, 0.1) is 0 Å². The third-order valence-corrected chi connectivity index (χ3v) is 1.52. The summed E-state index contributed by atoms with van der Waals surface area (Å²) in [4.78, 5) is 2.09. The SMILES string of the molecule is C=CCOC(CCC)N(C)C. The predicted molar refractivity (Wildman–Crippen MR) is 48.5 cm³/mol. The van der Waals surface area contributed by atoms with Crippen molar-refractivity contribution in [2.24, 2.45) is 0 Å². The lowest BCUT2D eigenvalue weighted by Gasteiger charge is -2.23. The minimum atomic E-state index is 0.248. The van der Waals surface area contributed by atoms with Gasteiger partial charge in [0.2, 0.25) is 0 Å². The Hall–Kier alpha value is -0.340. The maximum atomic E-state index is 5.50. The molecule has 0 bridgehead atoms. The van der Waals surface area contributed by atoms with E-state index in [2.05, 4.69) is 18.4 Å². The summed E-state index contributed by atoms with van der Waals surface area (Å²) in [5.41, 5.74) is 0. The van der Waals surface area contributed by atoms with Crippen molar-refractivity contribution >= 4 is 0 Å². The highest BCUT2D eigenvalue weighted by Gasteiger charge is 2.08. The zero-order valence-electron chi connectivity index (χ0n) is 7.84. The van der Waals surface area contributed by atoms with Gasteiger partial charge in [-0.2, -0.15) is 0 Å². The first kappa shape index (κ1) is 10.7. The second-order valence-corrected chi connectivity index (χ2v) is 2.83. The van der Waals surface area contributed by atoms with E-state index in [9.17, 15) is 0 Å². The van der Waals surface area contributed by atoms with Crippen molar-refractivity contribution in [3.63, 3.8) is 0 Å². The van der Waals surface area contributed by atoms with Gasteiger partial charge in [-0.15, -0.1) is 6.58 Å². The molecule has 2 heteroatoms. The van der Waals surface area contributed by atoms with Crippen molar-refractivity contribution < 1.29 is 4.74 Å². The summed E-state index contributed by atoms with van der Waals surface area (Å²) in [5, 5.41) is 0. The van der Waals surface area contributed by atoms with E-state index in [-0.39, 0.29) is 6.23 Å². The van der Waals surface area contributed by atoms with Crippen molar-refractivity contribution in [1.82, 2.24) is 4.90 Å². The van der Waals surface area contributed by atoms with Crippen LogP contribution in [0.4, 0.5) is 0 Å². The first-order valence-corrected chi connectivity index (χ1v) is 4.11. The van der Waals surface area contributed by atoms with Crippen molar-refractivity contribution in [2.75, 3.05) is 20.7 Å². The summed E-state index contributed by atoms with van der Waals surface area (Å²) in [5.74, 6) is 0. The van der Waals surface area contributed by atoms with Crippen molar-refractivity contribution in [3.05, 3.63) is 12.7 Å². The Bertz CT molecular complexity index is 102. The van der Waals surface area contributed by atoms with Crippen molar-refractivity contribution in [1.29, 1.82) is 0 Å². The van der Waals surface area contributed by atoms with E-state index in [0.29, 0.717) is 6.61 Å². The molecule has 0 radical (unpaired) electrons. The zero-order valence-corrected chi connectivity index (χ0v) is 7.84. The van der Waals surface area contributed by atoms with Crippen LogP contribution in [-0.4, -0.2) is 31.8 Å². The van der Waals surface area contributed by atoms with E-state index in [1.165, 1.54) is 0 Å². The average Bonchev–Trinajstić information content (AvgIpc) is 1.97. The Labute approximate surface area is 69.8 Å². The van der Waals surface area contributed by atoms with Gasteiger partial charge in [-0.05, 0) is 20.5 Å². The second-order valence-electron chi connectivity index (χ2n) is 2.83. The number of nitrogens with zero attached hydrogens (tertiary/aromatic N) is 1. The van der Waals surface area contributed by atoms with Gasteiger partial charge in [-0.1, -0.05) is 19.4 Å². The molecule has 1 atom stereocenters. The quantitative estimate of drug-likeness (QED) is 0.431. The molecule has 0 saturated carbocycles. The predicted octanol–water partition coefficient (Wildman–Crippen LogP) is 1.88. The molecule has 0 saturated heterocycles. The molecule has 0 fully saturated rings. The Morgan fingerprint density at radius 2 is 2.18 bits per heavy atom. The van der Waals surface area contributed by atoms with E-state index in [1.54, 1.807) is 6.08 Å². The zero-order chi connectivity index (χ0) is 8.69. The van der Waals surface area contributed by atoms with Gasteiger partial charge in [0.15, 0.2) is 0 Å².